The molecule has 1 heterocycles. The zero-order chi connectivity index (χ0) is 18.4. The van der Waals surface area contributed by atoms with Crippen LogP contribution in [0.5, 0.6) is 11.5 Å². The zero-order valence-corrected chi connectivity index (χ0v) is 16.5. The number of ether oxygens (including phenoxy) is 3. The lowest BCUT2D eigenvalue weighted by Gasteiger charge is -2.08. The van der Waals surface area contributed by atoms with Crippen molar-refractivity contribution in [3.63, 3.8) is 0 Å². The summed E-state index contributed by atoms with van der Waals surface area (Å²) in [5.74, 6) is -0.270. The third kappa shape index (κ3) is 6.03. The molecule has 1 aromatic rings. The van der Waals surface area contributed by atoms with Crippen LogP contribution in [0.4, 0.5) is 10.1 Å². The number of benzene rings is 1. The fraction of sp³-hybridized carbons (Fsp3) is 0.400. The van der Waals surface area contributed by atoms with Crippen LogP contribution in [-0.2, 0) is 14.3 Å². The maximum absolute atomic E-state index is 13.6. The molecule has 1 amide bonds. The summed E-state index contributed by atoms with van der Waals surface area (Å²) >= 11 is 2.62. The molecule has 1 unspecified atom stereocenters. The molecule has 0 aromatic heterocycles. The second kappa shape index (κ2) is 8.70. The fourth-order valence-corrected chi connectivity index (χ4v) is 2.77. The van der Waals surface area contributed by atoms with Gasteiger partial charge in [-0.1, -0.05) is 11.8 Å². The Balaban J connectivity index is 1.99. The van der Waals surface area contributed by atoms with E-state index in [1.807, 2.05) is 0 Å². The highest BCUT2D eigenvalue weighted by Crippen LogP contribution is 2.44. The molecule has 0 saturated carbocycles. The lowest BCUT2D eigenvalue weighted by Crippen LogP contribution is -2.28. The monoisotopic (exact) mass is 482 g/mol. The van der Waals surface area contributed by atoms with Crippen LogP contribution in [0.2, 0.25) is 0 Å². The number of thioether (sulfide) groups is 1. The molecule has 1 N–H and O–H groups in total. The maximum atomic E-state index is 13.6. The Morgan fingerprint density at radius 3 is 2.76 bits per heavy atom. The van der Waals surface area contributed by atoms with Gasteiger partial charge in [-0.05, 0) is 25.3 Å². The maximum Gasteiger partial charge on any atom is 0.462 e. The highest BCUT2D eigenvalue weighted by molar-refractivity contribution is 14.1. The van der Waals surface area contributed by atoms with Gasteiger partial charge in [0.1, 0.15) is 0 Å². The van der Waals surface area contributed by atoms with Gasteiger partial charge in [0, 0.05) is 12.5 Å². The largest absolute Gasteiger partial charge is 0.466 e. The number of hydrogen-bond acceptors (Lipinski definition) is 7. The lowest BCUT2D eigenvalue weighted by atomic mass is 10.3. The van der Waals surface area contributed by atoms with Gasteiger partial charge in [0.05, 0.1) is 41.3 Å². The number of carbonyl (C=O) groups is 2. The second-order valence-electron chi connectivity index (χ2n) is 4.77. The number of rotatable bonds is 5. The van der Waals surface area contributed by atoms with Gasteiger partial charge >= 0.3 is 10.0 Å². The Morgan fingerprint density at radius 1 is 1.36 bits per heavy atom. The summed E-state index contributed by atoms with van der Waals surface area (Å²) in [4.78, 5) is 27.4. The Kier molecular flexibility index (Phi) is 6.87. The Morgan fingerprint density at radius 2 is 2.08 bits per heavy atom. The summed E-state index contributed by atoms with van der Waals surface area (Å²) in [6.45, 7) is 1.98. The van der Waals surface area contributed by atoms with Crippen molar-refractivity contribution < 1.29 is 28.2 Å². The summed E-state index contributed by atoms with van der Waals surface area (Å²) in [5.41, 5.74) is 0.464. The molecule has 0 fully saturated rings. The number of aliphatic imine (C=N–C) groups is 1. The number of carbonyl (C=O) groups excluding carboxylic acids is 2. The number of halogens is 2. The average molecular weight is 482 g/mol. The van der Waals surface area contributed by atoms with Gasteiger partial charge in [0.25, 0.3) is 0 Å². The van der Waals surface area contributed by atoms with Gasteiger partial charge in [0.15, 0.2) is 16.7 Å². The minimum Gasteiger partial charge on any atom is -0.466 e. The molecule has 0 aliphatic carbocycles. The molecule has 25 heavy (non-hydrogen) atoms. The van der Waals surface area contributed by atoms with Crippen LogP contribution in [0.25, 0.3) is 0 Å². The average Bonchev–Trinajstić information content (AvgIpc) is 2.85. The fourth-order valence-electron chi connectivity index (χ4n) is 1.88. The van der Waals surface area contributed by atoms with Crippen molar-refractivity contribution in [1.82, 2.24) is 5.32 Å². The number of nitrogens with zero attached hydrogens (tertiary/aromatic N) is 1. The molecule has 2 rings (SSSR count). The van der Waals surface area contributed by atoms with Crippen LogP contribution < -0.4 is 14.8 Å². The number of nitrogens with one attached hydrogen (secondary N) is 1. The summed E-state index contributed by atoms with van der Waals surface area (Å²) in [6.07, 6.45) is 1.74. The van der Waals surface area contributed by atoms with E-state index in [1.165, 1.54) is 46.5 Å². The minimum atomic E-state index is -2.23. The van der Waals surface area contributed by atoms with Crippen molar-refractivity contribution in [2.45, 2.75) is 23.8 Å². The molecule has 1 atom stereocenters. The van der Waals surface area contributed by atoms with Crippen LogP contribution in [-0.4, -0.2) is 34.0 Å². The minimum absolute atomic E-state index is 0.000396. The van der Waals surface area contributed by atoms with E-state index in [4.69, 9.17) is 14.2 Å². The normalized spacial score (nSPS) is 18.8. The van der Waals surface area contributed by atoms with Gasteiger partial charge < -0.3 is 19.5 Å². The summed E-state index contributed by atoms with van der Waals surface area (Å²) in [6, 6.07) is 4.66. The molecule has 0 bridgehead atoms. The third-order valence-electron chi connectivity index (χ3n) is 2.92. The van der Waals surface area contributed by atoms with E-state index in [1.54, 1.807) is 19.2 Å². The van der Waals surface area contributed by atoms with Crippen LogP contribution in [0.1, 0.15) is 19.8 Å². The molecular formula is C15H16FIN2O5S. The van der Waals surface area contributed by atoms with Crippen LogP contribution in [0.15, 0.2) is 23.2 Å². The number of fused-ring (bicyclic) bond motifs is 1. The first kappa shape index (κ1) is 19.8. The molecule has 0 spiro atoms. The first-order valence-corrected chi connectivity index (χ1v) is 9.61. The van der Waals surface area contributed by atoms with Gasteiger partial charge in [-0.15, -0.1) is 4.39 Å². The summed E-state index contributed by atoms with van der Waals surface area (Å²) in [5, 5.41) is 2.96. The molecule has 10 heteroatoms. The first-order valence-electron chi connectivity index (χ1n) is 7.31. The SMILES string of the molecule is CCOC(=O)CCC(=O)N/C(=N/c1ccc2c(c1)OC(F)(I)O2)SC. The van der Waals surface area contributed by atoms with E-state index in [2.05, 4.69) is 10.3 Å². The molecule has 7 nitrogen and oxygen atoms in total. The second-order valence-corrected chi connectivity index (χ2v) is 6.86. The highest BCUT2D eigenvalue weighted by Gasteiger charge is 2.39. The third-order valence-corrected chi connectivity index (χ3v) is 3.94. The van der Waals surface area contributed by atoms with Crippen molar-refractivity contribution in [2.24, 2.45) is 4.99 Å². The van der Waals surface area contributed by atoms with Gasteiger partial charge in [-0.2, -0.15) is 0 Å². The van der Waals surface area contributed by atoms with Crippen molar-refractivity contribution in [3.05, 3.63) is 18.2 Å². The number of amidine groups is 1. The standard InChI is InChI=1S/C15H16FIN2O5S/c1-3-22-13(21)7-6-12(20)19-14(25-2)18-9-4-5-10-11(8-9)24-15(16,17)23-10/h4-5,8H,3,6-7H2,1-2H3,(H,18,19,20). The van der Waals surface area contributed by atoms with Gasteiger partial charge in [0.2, 0.25) is 5.91 Å². The van der Waals surface area contributed by atoms with E-state index >= 15 is 0 Å². The molecule has 1 aliphatic heterocycles. The zero-order valence-electron chi connectivity index (χ0n) is 13.5. The molecule has 136 valence electrons. The molecule has 0 radical (unpaired) electrons. The number of esters is 1. The summed E-state index contributed by atoms with van der Waals surface area (Å²) < 4.78 is 26.1. The molecule has 1 aromatic carbocycles. The molecular weight excluding hydrogens is 466 g/mol. The topological polar surface area (TPSA) is 86.2 Å². The predicted molar refractivity (Wildman–Crippen MR) is 100 cm³/mol. The van der Waals surface area contributed by atoms with E-state index in [0.717, 1.165) is 0 Å². The van der Waals surface area contributed by atoms with Crippen molar-refractivity contribution >= 4 is 57.1 Å². The Hall–Kier alpha value is -1.56. The van der Waals surface area contributed by atoms with Gasteiger partial charge in [-0.25, -0.2) is 4.99 Å². The van der Waals surface area contributed by atoms with Gasteiger partial charge in [-0.3, -0.25) is 9.59 Å². The van der Waals surface area contributed by atoms with Crippen molar-refractivity contribution in [2.75, 3.05) is 12.9 Å². The van der Waals surface area contributed by atoms with Crippen molar-refractivity contribution in [1.29, 1.82) is 0 Å². The molecule has 0 saturated heterocycles. The first-order chi connectivity index (χ1) is 11.8. The number of hydrogen-bond donors (Lipinski definition) is 1. The Bertz CT molecular complexity index is 698. The quantitative estimate of drug-likeness (QED) is 0.228. The molecule has 1 aliphatic rings. The van der Waals surface area contributed by atoms with Crippen LogP contribution >= 0.6 is 34.4 Å². The van der Waals surface area contributed by atoms with E-state index in [-0.39, 0.29) is 36.9 Å². The number of alkyl halides is 2. The van der Waals surface area contributed by atoms with Crippen LogP contribution in [0.3, 0.4) is 0 Å². The Labute approximate surface area is 161 Å². The summed E-state index contributed by atoms with van der Waals surface area (Å²) in [7, 11) is 0. The van der Waals surface area contributed by atoms with Crippen molar-refractivity contribution in [3.8, 4) is 11.5 Å². The van der Waals surface area contributed by atoms with E-state index in [0.29, 0.717) is 10.9 Å². The van der Waals surface area contributed by atoms with E-state index < -0.39 is 10.0 Å². The lowest BCUT2D eigenvalue weighted by molar-refractivity contribution is -0.144. The number of amides is 1. The smallest absolute Gasteiger partial charge is 0.462 e. The van der Waals surface area contributed by atoms with E-state index in [9.17, 15) is 14.0 Å². The predicted octanol–water partition coefficient (Wildman–Crippen LogP) is 3.28. The highest BCUT2D eigenvalue weighted by atomic mass is 127. The van der Waals surface area contributed by atoms with Crippen LogP contribution in [0, 0.1) is 0 Å².